The van der Waals surface area contributed by atoms with Crippen molar-refractivity contribution in [1.82, 2.24) is 20.1 Å². The number of aliphatic hydroxyl groups excluding tert-OH is 1. The Labute approximate surface area is 191 Å². The fourth-order valence-electron chi connectivity index (χ4n) is 4.77. The molecule has 5 heterocycles. The van der Waals surface area contributed by atoms with E-state index in [1.165, 1.54) is 0 Å². The third kappa shape index (κ3) is 3.50. The molecule has 4 N–H and O–H groups in total. The maximum absolute atomic E-state index is 12.7. The van der Waals surface area contributed by atoms with E-state index in [1.807, 2.05) is 53.6 Å². The van der Waals surface area contributed by atoms with Crippen molar-refractivity contribution < 1.29 is 9.90 Å². The van der Waals surface area contributed by atoms with Crippen LogP contribution in [0.5, 0.6) is 0 Å². The molecule has 9 nitrogen and oxygen atoms in total. The zero-order valence-corrected chi connectivity index (χ0v) is 18.1. The maximum atomic E-state index is 12.7. The van der Waals surface area contributed by atoms with Gasteiger partial charge in [0.2, 0.25) is 0 Å². The number of piperidine rings is 1. The fourth-order valence-corrected chi connectivity index (χ4v) is 4.77. The molecule has 3 aliphatic heterocycles. The first-order valence-corrected chi connectivity index (χ1v) is 11.3. The number of carbonyl (C=O) groups is 1. The number of rotatable bonds is 4. The van der Waals surface area contributed by atoms with E-state index in [4.69, 9.17) is 0 Å². The largest absolute Gasteiger partial charge is 0.393 e. The van der Waals surface area contributed by atoms with Crippen molar-refractivity contribution in [2.24, 2.45) is 0 Å². The fraction of sp³-hybridized carbons (Fsp3) is 0.292. The van der Waals surface area contributed by atoms with Gasteiger partial charge in [0.15, 0.2) is 0 Å². The molecule has 2 aromatic heterocycles. The molecule has 1 fully saturated rings. The van der Waals surface area contributed by atoms with E-state index >= 15 is 0 Å². The van der Waals surface area contributed by atoms with Crippen LogP contribution in [-0.2, 0) is 6.54 Å². The summed E-state index contributed by atoms with van der Waals surface area (Å²) >= 11 is 0. The van der Waals surface area contributed by atoms with Gasteiger partial charge in [0.1, 0.15) is 11.6 Å². The van der Waals surface area contributed by atoms with Crippen LogP contribution in [0.15, 0.2) is 42.7 Å². The summed E-state index contributed by atoms with van der Waals surface area (Å²) in [6, 6.07) is 7.92. The monoisotopic (exact) mass is 443 g/mol. The number of aromatic nitrogens is 3. The number of nitrogens with one attached hydrogen (secondary N) is 3. The van der Waals surface area contributed by atoms with Crippen molar-refractivity contribution in [2.75, 3.05) is 35.2 Å². The lowest BCUT2D eigenvalue weighted by atomic mass is 9.96. The van der Waals surface area contributed by atoms with E-state index in [0.29, 0.717) is 17.9 Å². The third-order valence-electron chi connectivity index (χ3n) is 6.53. The molecule has 0 spiro atoms. The van der Waals surface area contributed by atoms with Crippen molar-refractivity contribution >= 4 is 35.1 Å². The molecule has 0 atom stereocenters. The highest BCUT2D eigenvalue weighted by Gasteiger charge is 2.28. The van der Waals surface area contributed by atoms with Gasteiger partial charge in [-0.3, -0.25) is 4.79 Å². The lowest BCUT2D eigenvalue weighted by Gasteiger charge is -2.31. The summed E-state index contributed by atoms with van der Waals surface area (Å²) in [6.45, 7) is 2.88. The van der Waals surface area contributed by atoms with Crippen molar-refractivity contribution in [2.45, 2.75) is 25.5 Å². The second-order valence-corrected chi connectivity index (χ2v) is 8.56. The van der Waals surface area contributed by atoms with Crippen LogP contribution in [0.2, 0.25) is 0 Å². The van der Waals surface area contributed by atoms with Gasteiger partial charge in [-0.05, 0) is 48.2 Å². The Morgan fingerprint density at radius 3 is 2.76 bits per heavy atom. The van der Waals surface area contributed by atoms with Crippen molar-refractivity contribution in [3.63, 3.8) is 0 Å². The number of anilines is 4. The van der Waals surface area contributed by atoms with Crippen LogP contribution < -0.4 is 20.9 Å². The van der Waals surface area contributed by atoms with Gasteiger partial charge in [-0.1, -0.05) is 6.07 Å². The summed E-state index contributed by atoms with van der Waals surface area (Å²) in [6.07, 6.45) is 8.98. The minimum Gasteiger partial charge on any atom is -0.393 e. The van der Waals surface area contributed by atoms with Gasteiger partial charge in [-0.25, -0.2) is 9.67 Å². The standard InChI is InChI=1S/C24H25N7O2/c32-16-6-10-30(11-7-16)15-2-5-21(26-12-15)29-20-4-3-17(18-13-27-24(33)22(18)20)19-14-28-31-9-1-8-25-23(19)31/h1-5,9,12,14,16,25,32H,6-8,10-11,13H2,(H,26,29)(H,27,33). The van der Waals surface area contributed by atoms with Crippen LogP contribution in [0, 0.1) is 0 Å². The van der Waals surface area contributed by atoms with Gasteiger partial charge in [0.25, 0.3) is 5.91 Å². The molecule has 1 amide bonds. The number of pyridine rings is 1. The minimum atomic E-state index is -0.202. The summed E-state index contributed by atoms with van der Waals surface area (Å²) in [7, 11) is 0. The Kier molecular flexibility index (Phi) is 4.76. The Hall–Kier alpha value is -3.85. The topological polar surface area (TPSA) is 107 Å². The summed E-state index contributed by atoms with van der Waals surface area (Å²) in [5.41, 5.74) is 5.36. The van der Waals surface area contributed by atoms with E-state index in [0.717, 1.165) is 66.4 Å². The average molecular weight is 444 g/mol. The highest BCUT2D eigenvalue weighted by molar-refractivity contribution is 6.06. The molecule has 33 heavy (non-hydrogen) atoms. The van der Waals surface area contributed by atoms with Crippen molar-refractivity contribution in [1.29, 1.82) is 0 Å². The smallest absolute Gasteiger partial charge is 0.254 e. The van der Waals surface area contributed by atoms with E-state index in [9.17, 15) is 9.90 Å². The van der Waals surface area contributed by atoms with Gasteiger partial charge >= 0.3 is 0 Å². The van der Waals surface area contributed by atoms with Gasteiger partial charge in [0, 0.05) is 37.9 Å². The summed E-state index contributed by atoms with van der Waals surface area (Å²) in [5.74, 6) is 1.52. The molecule has 1 aromatic carbocycles. The number of amides is 1. The Morgan fingerprint density at radius 1 is 1.06 bits per heavy atom. The Bertz CT molecular complexity index is 1240. The number of aliphatic hydroxyl groups is 1. The Morgan fingerprint density at radius 2 is 1.94 bits per heavy atom. The van der Waals surface area contributed by atoms with Crippen LogP contribution in [-0.4, -0.2) is 51.5 Å². The van der Waals surface area contributed by atoms with Gasteiger partial charge in [0.05, 0.1) is 35.4 Å². The SMILES string of the molecule is O=C1NCc2c(-c3cnn4c3NCC=C4)ccc(Nc3ccc(N4CCC(O)CC4)cn3)c21. The zero-order valence-electron chi connectivity index (χ0n) is 18.1. The molecule has 0 aliphatic carbocycles. The number of fused-ring (bicyclic) bond motifs is 2. The third-order valence-corrected chi connectivity index (χ3v) is 6.53. The molecular weight excluding hydrogens is 418 g/mol. The molecule has 9 heteroatoms. The van der Waals surface area contributed by atoms with Gasteiger partial charge in [-0.15, -0.1) is 0 Å². The molecule has 0 radical (unpaired) electrons. The van der Waals surface area contributed by atoms with E-state index in [1.54, 1.807) is 0 Å². The number of hydrogen-bond acceptors (Lipinski definition) is 7. The molecule has 0 bridgehead atoms. The first-order chi connectivity index (χ1) is 16.2. The van der Waals surface area contributed by atoms with Crippen LogP contribution in [0.25, 0.3) is 17.3 Å². The summed E-state index contributed by atoms with van der Waals surface area (Å²) in [4.78, 5) is 19.5. The molecule has 0 unspecified atom stereocenters. The average Bonchev–Trinajstić information content (AvgIpc) is 3.45. The molecule has 3 aliphatic rings. The molecule has 0 saturated carbocycles. The summed E-state index contributed by atoms with van der Waals surface area (Å²) < 4.78 is 1.82. The number of carbonyl (C=O) groups excluding carboxylic acids is 1. The van der Waals surface area contributed by atoms with E-state index in [-0.39, 0.29) is 12.0 Å². The van der Waals surface area contributed by atoms with Gasteiger partial charge < -0.3 is 26.0 Å². The second-order valence-electron chi connectivity index (χ2n) is 8.56. The van der Waals surface area contributed by atoms with Gasteiger partial charge in [-0.2, -0.15) is 5.10 Å². The molecule has 1 saturated heterocycles. The quantitative estimate of drug-likeness (QED) is 0.491. The van der Waals surface area contributed by atoms with Crippen molar-refractivity contribution in [3.8, 4) is 11.1 Å². The first kappa shape index (κ1) is 19.8. The predicted molar refractivity (Wildman–Crippen MR) is 128 cm³/mol. The number of hydrogen-bond donors (Lipinski definition) is 4. The van der Waals surface area contributed by atoms with Crippen molar-refractivity contribution in [3.05, 3.63) is 53.9 Å². The number of nitrogens with zero attached hydrogens (tertiary/aromatic N) is 4. The first-order valence-electron chi connectivity index (χ1n) is 11.3. The van der Waals surface area contributed by atoms with E-state index in [2.05, 4.69) is 30.9 Å². The van der Waals surface area contributed by atoms with Crippen LogP contribution >= 0.6 is 0 Å². The minimum absolute atomic E-state index is 0.0910. The lowest BCUT2D eigenvalue weighted by Crippen LogP contribution is -2.35. The summed E-state index contributed by atoms with van der Waals surface area (Å²) in [5, 5.41) is 23.8. The molecule has 168 valence electrons. The second kappa shape index (κ2) is 7.93. The number of benzene rings is 1. The van der Waals surface area contributed by atoms with Crippen LogP contribution in [0.3, 0.4) is 0 Å². The highest BCUT2D eigenvalue weighted by Crippen LogP contribution is 2.38. The lowest BCUT2D eigenvalue weighted by molar-refractivity contribution is 0.0966. The zero-order chi connectivity index (χ0) is 22.4. The van der Waals surface area contributed by atoms with Crippen LogP contribution in [0.4, 0.5) is 23.0 Å². The predicted octanol–water partition coefficient (Wildman–Crippen LogP) is 2.79. The highest BCUT2D eigenvalue weighted by atomic mass is 16.3. The van der Waals surface area contributed by atoms with E-state index < -0.39 is 0 Å². The molecule has 3 aromatic rings. The Balaban J connectivity index is 1.29. The molecule has 6 rings (SSSR count). The van der Waals surface area contributed by atoms with Crippen LogP contribution in [0.1, 0.15) is 28.8 Å². The molecular formula is C24H25N7O2. The maximum Gasteiger partial charge on any atom is 0.254 e. The normalized spacial score (nSPS) is 17.4.